The van der Waals surface area contributed by atoms with Gasteiger partial charge in [0, 0.05) is 17.3 Å². The van der Waals surface area contributed by atoms with Gasteiger partial charge in [-0.25, -0.2) is 8.78 Å². The summed E-state index contributed by atoms with van der Waals surface area (Å²) in [6, 6.07) is 8.80. The summed E-state index contributed by atoms with van der Waals surface area (Å²) < 4.78 is 26.3. The number of halogens is 2. The molecule has 2 aromatic carbocycles. The summed E-state index contributed by atoms with van der Waals surface area (Å²) in [5.41, 5.74) is 8.21. The molecule has 3 heteroatoms. The first kappa shape index (κ1) is 10.6. The number of nitrogens with two attached hydrogens (primary N) is 1. The summed E-state index contributed by atoms with van der Waals surface area (Å²) in [5.74, 6) is -1.16. The van der Waals surface area contributed by atoms with Crippen LogP contribution in [0.2, 0.25) is 0 Å². The van der Waals surface area contributed by atoms with Gasteiger partial charge in [0.1, 0.15) is 11.6 Å². The molecule has 2 rings (SSSR count). The second kappa shape index (κ2) is 3.93. The van der Waals surface area contributed by atoms with Gasteiger partial charge in [0.15, 0.2) is 0 Å². The van der Waals surface area contributed by atoms with Crippen molar-refractivity contribution >= 4 is 5.69 Å². The first-order valence-electron chi connectivity index (χ1n) is 4.89. The second-order valence-electron chi connectivity index (χ2n) is 3.76. The molecule has 0 saturated heterocycles. The first-order chi connectivity index (χ1) is 7.56. The Labute approximate surface area is 92.5 Å². The minimum Gasteiger partial charge on any atom is -0.399 e. The van der Waals surface area contributed by atoms with Crippen molar-refractivity contribution in [1.82, 2.24) is 0 Å². The lowest BCUT2D eigenvalue weighted by Crippen LogP contribution is -1.90. The fourth-order valence-electron chi connectivity index (χ4n) is 1.69. The lowest BCUT2D eigenvalue weighted by Gasteiger charge is -2.06. The zero-order valence-electron chi connectivity index (χ0n) is 8.80. The summed E-state index contributed by atoms with van der Waals surface area (Å²) >= 11 is 0. The fraction of sp³-hybridized carbons (Fsp3) is 0.0769. The lowest BCUT2D eigenvalue weighted by atomic mass is 10.0. The van der Waals surface area contributed by atoms with E-state index in [0.29, 0.717) is 16.8 Å². The number of benzene rings is 2. The summed E-state index contributed by atoms with van der Waals surface area (Å²) in [6.07, 6.45) is 0. The van der Waals surface area contributed by atoms with Crippen molar-refractivity contribution in [2.24, 2.45) is 0 Å². The molecular weight excluding hydrogens is 208 g/mol. The minimum atomic E-state index is -0.582. The van der Waals surface area contributed by atoms with Gasteiger partial charge in [-0.05, 0) is 42.3 Å². The lowest BCUT2D eigenvalue weighted by molar-refractivity contribution is 0.585. The number of anilines is 1. The maximum Gasteiger partial charge on any atom is 0.133 e. The highest BCUT2D eigenvalue weighted by Crippen LogP contribution is 2.26. The largest absolute Gasteiger partial charge is 0.399 e. The topological polar surface area (TPSA) is 26.0 Å². The molecule has 0 unspecified atom stereocenters. The van der Waals surface area contributed by atoms with E-state index in [1.165, 1.54) is 12.1 Å². The van der Waals surface area contributed by atoms with Crippen LogP contribution < -0.4 is 5.73 Å². The second-order valence-corrected chi connectivity index (χ2v) is 3.76. The Hall–Kier alpha value is -1.90. The van der Waals surface area contributed by atoms with E-state index in [0.717, 1.165) is 11.6 Å². The molecule has 0 saturated carbocycles. The fourth-order valence-corrected chi connectivity index (χ4v) is 1.69. The Kier molecular flexibility index (Phi) is 2.60. The summed E-state index contributed by atoms with van der Waals surface area (Å²) in [5, 5.41) is 0. The average molecular weight is 219 g/mol. The Balaban J connectivity index is 2.58. The van der Waals surface area contributed by atoms with E-state index in [9.17, 15) is 8.78 Å². The van der Waals surface area contributed by atoms with Crippen LogP contribution in [0.3, 0.4) is 0 Å². The third-order valence-corrected chi connectivity index (χ3v) is 2.34. The molecule has 0 aromatic heterocycles. The molecule has 0 amide bonds. The normalized spacial score (nSPS) is 10.4. The van der Waals surface area contributed by atoms with Crippen molar-refractivity contribution in [3.8, 4) is 11.1 Å². The molecule has 0 bridgehead atoms. The molecule has 2 aromatic rings. The van der Waals surface area contributed by atoms with Crippen LogP contribution >= 0.6 is 0 Å². The standard InChI is InChI=1S/C13H11F2N/c1-8-4-9(6-11(16)5-8)12-3-2-10(14)7-13(12)15/h2-7H,16H2,1H3. The molecule has 0 spiro atoms. The highest BCUT2D eigenvalue weighted by atomic mass is 19.1. The Morgan fingerprint density at radius 1 is 1.00 bits per heavy atom. The molecule has 1 nitrogen and oxygen atoms in total. The Bertz CT molecular complexity index is 515. The summed E-state index contributed by atoms with van der Waals surface area (Å²) in [7, 11) is 0. The van der Waals surface area contributed by atoms with E-state index in [4.69, 9.17) is 5.73 Å². The van der Waals surface area contributed by atoms with Crippen molar-refractivity contribution in [2.75, 3.05) is 5.73 Å². The number of hydrogen-bond donors (Lipinski definition) is 1. The third kappa shape index (κ3) is 2.03. The smallest absolute Gasteiger partial charge is 0.133 e. The van der Waals surface area contributed by atoms with Crippen molar-refractivity contribution < 1.29 is 8.78 Å². The van der Waals surface area contributed by atoms with E-state index < -0.39 is 11.6 Å². The van der Waals surface area contributed by atoms with Gasteiger partial charge in [-0.1, -0.05) is 6.07 Å². The van der Waals surface area contributed by atoms with E-state index in [1.54, 1.807) is 12.1 Å². The number of aryl methyl sites for hydroxylation is 1. The van der Waals surface area contributed by atoms with Gasteiger partial charge in [0.25, 0.3) is 0 Å². The maximum absolute atomic E-state index is 13.5. The van der Waals surface area contributed by atoms with E-state index in [2.05, 4.69) is 0 Å². The van der Waals surface area contributed by atoms with Gasteiger partial charge in [-0.2, -0.15) is 0 Å². The molecule has 0 radical (unpaired) electrons. The van der Waals surface area contributed by atoms with Gasteiger partial charge in [0.2, 0.25) is 0 Å². The van der Waals surface area contributed by atoms with E-state index >= 15 is 0 Å². The van der Waals surface area contributed by atoms with Crippen LogP contribution in [-0.2, 0) is 0 Å². The quantitative estimate of drug-likeness (QED) is 0.729. The highest BCUT2D eigenvalue weighted by Gasteiger charge is 2.07. The summed E-state index contributed by atoms with van der Waals surface area (Å²) in [6.45, 7) is 1.88. The predicted molar refractivity (Wildman–Crippen MR) is 60.9 cm³/mol. The van der Waals surface area contributed by atoms with Gasteiger partial charge >= 0.3 is 0 Å². The van der Waals surface area contributed by atoms with Crippen LogP contribution in [0.1, 0.15) is 5.56 Å². The van der Waals surface area contributed by atoms with E-state index in [-0.39, 0.29) is 0 Å². The SMILES string of the molecule is Cc1cc(N)cc(-c2ccc(F)cc2F)c1. The summed E-state index contributed by atoms with van der Waals surface area (Å²) in [4.78, 5) is 0. The van der Waals surface area contributed by atoms with Crippen molar-refractivity contribution in [1.29, 1.82) is 0 Å². The van der Waals surface area contributed by atoms with Crippen LogP contribution in [0.5, 0.6) is 0 Å². The molecular formula is C13H11F2N. The third-order valence-electron chi connectivity index (χ3n) is 2.34. The van der Waals surface area contributed by atoms with Crippen LogP contribution in [0.15, 0.2) is 36.4 Å². The number of hydrogen-bond acceptors (Lipinski definition) is 1. The van der Waals surface area contributed by atoms with Crippen LogP contribution in [0, 0.1) is 18.6 Å². The molecule has 16 heavy (non-hydrogen) atoms. The van der Waals surface area contributed by atoms with Crippen LogP contribution in [0.25, 0.3) is 11.1 Å². The Morgan fingerprint density at radius 2 is 1.75 bits per heavy atom. The first-order valence-corrected chi connectivity index (χ1v) is 4.89. The molecule has 0 aliphatic heterocycles. The van der Waals surface area contributed by atoms with Crippen LogP contribution in [-0.4, -0.2) is 0 Å². The maximum atomic E-state index is 13.5. The number of rotatable bonds is 1. The van der Waals surface area contributed by atoms with E-state index in [1.807, 2.05) is 13.0 Å². The molecule has 0 fully saturated rings. The Morgan fingerprint density at radius 3 is 2.38 bits per heavy atom. The monoisotopic (exact) mass is 219 g/mol. The molecule has 0 aliphatic rings. The molecule has 2 N–H and O–H groups in total. The zero-order chi connectivity index (χ0) is 11.7. The highest BCUT2D eigenvalue weighted by molar-refractivity contribution is 5.69. The molecule has 0 aliphatic carbocycles. The average Bonchev–Trinajstić information content (AvgIpc) is 2.15. The van der Waals surface area contributed by atoms with Crippen molar-refractivity contribution in [2.45, 2.75) is 6.92 Å². The van der Waals surface area contributed by atoms with Crippen molar-refractivity contribution in [3.05, 3.63) is 53.6 Å². The van der Waals surface area contributed by atoms with Gasteiger partial charge in [-0.15, -0.1) is 0 Å². The number of nitrogen functional groups attached to an aromatic ring is 1. The minimum absolute atomic E-state index is 0.358. The predicted octanol–water partition coefficient (Wildman–Crippen LogP) is 3.52. The molecule has 82 valence electrons. The van der Waals surface area contributed by atoms with Gasteiger partial charge in [0.05, 0.1) is 0 Å². The van der Waals surface area contributed by atoms with Gasteiger partial charge in [-0.3, -0.25) is 0 Å². The molecule has 0 atom stereocenters. The van der Waals surface area contributed by atoms with Crippen molar-refractivity contribution in [3.63, 3.8) is 0 Å². The van der Waals surface area contributed by atoms with Gasteiger partial charge < -0.3 is 5.73 Å². The molecule has 0 heterocycles. The van der Waals surface area contributed by atoms with Crippen LogP contribution in [0.4, 0.5) is 14.5 Å². The zero-order valence-corrected chi connectivity index (χ0v) is 8.80.